The van der Waals surface area contributed by atoms with Gasteiger partial charge in [0.2, 0.25) is 0 Å². The quantitative estimate of drug-likeness (QED) is 0.839. The van der Waals surface area contributed by atoms with Crippen LogP contribution >= 0.6 is 0 Å². The number of amides is 2. The van der Waals surface area contributed by atoms with Gasteiger partial charge in [-0.15, -0.1) is 0 Å². The lowest BCUT2D eigenvalue weighted by Crippen LogP contribution is -2.48. The summed E-state index contributed by atoms with van der Waals surface area (Å²) in [5.74, 6) is 0.145. The molecule has 6 nitrogen and oxygen atoms in total. The summed E-state index contributed by atoms with van der Waals surface area (Å²) in [5, 5.41) is 0. The first-order valence-electron chi connectivity index (χ1n) is 9.19. The molecule has 2 aliphatic rings. The van der Waals surface area contributed by atoms with Gasteiger partial charge in [-0.2, -0.15) is 0 Å². The zero-order valence-electron chi connectivity index (χ0n) is 14.9. The van der Waals surface area contributed by atoms with E-state index in [1.807, 2.05) is 36.1 Å². The van der Waals surface area contributed by atoms with E-state index >= 15 is 0 Å². The molecule has 0 bridgehead atoms. The highest BCUT2D eigenvalue weighted by atomic mass is 16.6. The first-order valence-corrected chi connectivity index (χ1v) is 9.19. The van der Waals surface area contributed by atoms with Gasteiger partial charge in [-0.25, -0.2) is 4.79 Å². The van der Waals surface area contributed by atoms with Crippen LogP contribution in [0.1, 0.15) is 35.7 Å². The first-order chi connectivity index (χ1) is 12.2. The second-order valence-electron chi connectivity index (χ2n) is 6.66. The molecular weight excluding hydrogens is 318 g/mol. The van der Waals surface area contributed by atoms with Crippen LogP contribution in [-0.4, -0.2) is 72.6 Å². The molecule has 0 unspecified atom stereocenters. The molecule has 6 heteroatoms. The lowest BCUT2D eigenvalue weighted by Gasteiger charge is -2.34. The number of hydrogen-bond donors (Lipinski definition) is 0. The average molecular weight is 345 g/mol. The van der Waals surface area contributed by atoms with Crippen molar-refractivity contribution in [3.63, 3.8) is 0 Å². The molecule has 136 valence electrons. The van der Waals surface area contributed by atoms with Crippen molar-refractivity contribution in [3.05, 3.63) is 35.4 Å². The van der Waals surface area contributed by atoms with Crippen LogP contribution < -0.4 is 0 Å². The highest BCUT2D eigenvalue weighted by molar-refractivity contribution is 5.94. The van der Waals surface area contributed by atoms with Crippen molar-refractivity contribution in [2.75, 3.05) is 45.9 Å². The Morgan fingerprint density at radius 1 is 0.920 bits per heavy atom. The second-order valence-corrected chi connectivity index (χ2v) is 6.66. The molecule has 2 fully saturated rings. The molecule has 2 saturated heterocycles. The summed E-state index contributed by atoms with van der Waals surface area (Å²) in [6, 6.07) is 7.96. The normalized spacial score (nSPS) is 18.4. The smallest absolute Gasteiger partial charge is 0.409 e. The van der Waals surface area contributed by atoms with Crippen LogP contribution in [0.2, 0.25) is 0 Å². The molecule has 2 heterocycles. The van der Waals surface area contributed by atoms with Crippen molar-refractivity contribution >= 4 is 12.0 Å². The van der Waals surface area contributed by atoms with Gasteiger partial charge in [0.1, 0.15) is 0 Å². The Bertz CT molecular complexity index is 588. The Balaban J connectivity index is 1.49. The van der Waals surface area contributed by atoms with Crippen molar-refractivity contribution < 1.29 is 14.3 Å². The van der Waals surface area contributed by atoms with Crippen LogP contribution in [0, 0.1) is 0 Å². The first kappa shape index (κ1) is 17.7. The van der Waals surface area contributed by atoms with Crippen molar-refractivity contribution in [1.29, 1.82) is 0 Å². The Hall–Kier alpha value is -2.08. The third-order valence-electron chi connectivity index (χ3n) is 4.90. The second kappa shape index (κ2) is 8.34. The fourth-order valence-electron chi connectivity index (χ4n) is 3.42. The lowest BCUT2D eigenvalue weighted by atomic mass is 10.1. The summed E-state index contributed by atoms with van der Waals surface area (Å²) in [7, 11) is 0. The fraction of sp³-hybridized carbons (Fsp3) is 0.579. The molecule has 2 amide bonds. The zero-order valence-corrected chi connectivity index (χ0v) is 14.9. The van der Waals surface area contributed by atoms with E-state index in [1.165, 1.54) is 5.56 Å². The molecule has 0 N–H and O–H groups in total. The van der Waals surface area contributed by atoms with Gasteiger partial charge in [-0.3, -0.25) is 9.69 Å². The van der Waals surface area contributed by atoms with Crippen LogP contribution in [0.5, 0.6) is 0 Å². The average Bonchev–Trinajstić information content (AvgIpc) is 3.17. The van der Waals surface area contributed by atoms with Gasteiger partial charge < -0.3 is 14.5 Å². The minimum absolute atomic E-state index is 0.145. The van der Waals surface area contributed by atoms with Gasteiger partial charge in [0.15, 0.2) is 0 Å². The summed E-state index contributed by atoms with van der Waals surface area (Å²) in [6.07, 6.45) is 2.01. The molecule has 0 spiro atoms. The maximum atomic E-state index is 12.4. The number of rotatable bonds is 4. The van der Waals surface area contributed by atoms with E-state index in [-0.39, 0.29) is 12.0 Å². The molecule has 0 aromatic heterocycles. The van der Waals surface area contributed by atoms with E-state index < -0.39 is 0 Å². The maximum absolute atomic E-state index is 12.4. The van der Waals surface area contributed by atoms with Crippen molar-refractivity contribution in [2.45, 2.75) is 26.3 Å². The third-order valence-corrected chi connectivity index (χ3v) is 4.90. The van der Waals surface area contributed by atoms with Gasteiger partial charge in [-0.1, -0.05) is 12.1 Å². The topological polar surface area (TPSA) is 53.1 Å². The largest absolute Gasteiger partial charge is 0.450 e. The number of ether oxygens (including phenoxy) is 1. The van der Waals surface area contributed by atoms with Crippen LogP contribution in [0.4, 0.5) is 4.79 Å². The Morgan fingerprint density at radius 2 is 1.56 bits per heavy atom. The number of nitrogens with zero attached hydrogens (tertiary/aromatic N) is 3. The number of piperazine rings is 1. The van der Waals surface area contributed by atoms with Crippen LogP contribution in [0.15, 0.2) is 24.3 Å². The number of likely N-dealkylation sites (tertiary alicyclic amines) is 1. The van der Waals surface area contributed by atoms with E-state index in [0.29, 0.717) is 19.7 Å². The molecule has 1 aromatic carbocycles. The zero-order chi connectivity index (χ0) is 17.6. The predicted molar refractivity (Wildman–Crippen MR) is 95.5 cm³/mol. The molecule has 1 aromatic rings. The van der Waals surface area contributed by atoms with E-state index in [9.17, 15) is 9.59 Å². The van der Waals surface area contributed by atoms with E-state index in [0.717, 1.165) is 51.1 Å². The highest BCUT2D eigenvalue weighted by Gasteiger charge is 2.22. The maximum Gasteiger partial charge on any atom is 0.409 e. The van der Waals surface area contributed by atoms with Crippen LogP contribution in [0.25, 0.3) is 0 Å². The molecule has 2 aliphatic heterocycles. The summed E-state index contributed by atoms with van der Waals surface area (Å²) in [4.78, 5) is 30.1. The molecule has 0 aliphatic carbocycles. The van der Waals surface area contributed by atoms with E-state index in [2.05, 4.69) is 4.90 Å². The Labute approximate surface area is 149 Å². The predicted octanol–water partition coefficient (Wildman–Crippen LogP) is 2.20. The van der Waals surface area contributed by atoms with Crippen molar-refractivity contribution in [2.24, 2.45) is 0 Å². The number of carbonyl (C=O) groups is 2. The molecular formula is C19H27N3O3. The highest BCUT2D eigenvalue weighted by Crippen LogP contribution is 2.15. The monoisotopic (exact) mass is 345 g/mol. The van der Waals surface area contributed by atoms with Crippen LogP contribution in [-0.2, 0) is 11.3 Å². The van der Waals surface area contributed by atoms with Crippen molar-refractivity contribution in [3.8, 4) is 0 Å². The minimum atomic E-state index is -0.216. The summed E-state index contributed by atoms with van der Waals surface area (Å²) < 4.78 is 5.05. The summed E-state index contributed by atoms with van der Waals surface area (Å²) in [5.41, 5.74) is 1.97. The van der Waals surface area contributed by atoms with E-state index in [4.69, 9.17) is 4.74 Å². The molecule has 25 heavy (non-hydrogen) atoms. The van der Waals surface area contributed by atoms with Crippen molar-refractivity contribution in [1.82, 2.24) is 14.7 Å². The molecule has 3 rings (SSSR count). The molecule has 0 atom stereocenters. The summed E-state index contributed by atoms with van der Waals surface area (Å²) in [6.45, 7) is 7.93. The van der Waals surface area contributed by atoms with Gasteiger partial charge in [0.05, 0.1) is 6.61 Å². The van der Waals surface area contributed by atoms with Gasteiger partial charge in [0.25, 0.3) is 5.91 Å². The molecule has 0 radical (unpaired) electrons. The van der Waals surface area contributed by atoms with Gasteiger partial charge in [0, 0.05) is 51.4 Å². The Kier molecular flexibility index (Phi) is 5.91. The minimum Gasteiger partial charge on any atom is -0.450 e. The van der Waals surface area contributed by atoms with Crippen LogP contribution in [0.3, 0.4) is 0 Å². The van der Waals surface area contributed by atoms with Gasteiger partial charge in [-0.05, 0) is 37.5 Å². The summed E-state index contributed by atoms with van der Waals surface area (Å²) >= 11 is 0. The molecule has 0 saturated carbocycles. The Morgan fingerprint density at radius 3 is 2.16 bits per heavy atom. The van der Waals surface area contributed by atoms with Gasteiger partial charge >= 0.3 is 6.09 Å². The lowest BCUT2D eigenvalue weighted by molar-refractivity contribution is 0.0777. The van der Waals surface area contributed by atoms with E-state index in [1.54, 1.807) is 4.90 Å². The number of hydrogen-bond acceptors (Lipinski definition) is 4. The SMILES string of the molecule is CCOC(=O)N1CCN(Cc2ccc(C(=O)N3CCCC3)cc2)CC1. The number of benzene rings is 1. The fourth-order valence-corrected chi connectivity index (χ4v) is 3.42. The standard InChI is InChI=1S/C19H27N3O3/c1-2-25-19(24)22-13-11-20(12-14-22)15-16-5-7-17(8-6-16)18(23)21-9-3-4-10-21/h5-8H,2-4,9-15H2,1H3. The number of carbonyl (C=O) groups excluding carboxylic acids is 2. The third kappa shape index (κ3) is 4.51.